The summed E-state index contributed by atoms with van der Waals surface area (Å²) in [7, 11) is -14.8. The van der Waals surface area contributed by atoms with Crippen molar-refractivity contribution in [1.82, 2.24) is 0 Å². The molecule has 0 unspecified atom stereocenters. The van der Waals surface area contributed by atoms with Crippen molar-refractivity contribution in [3.63, 3.8) is 0 Å². The van der Waals surface area contributed by atoms with E-state index >= 15 is 0 Å². The fourth-order valence-electron chi connectivity index (χ4n) is 5.24. The fraction of sp³-hybridized carbons (Fsp3) is 0.750. The molecule has 177 valence electrons. The number of hydrogen-bond donors (Lipinski definition) is 2. The van der Waals surface area contributed by atoms with Crippen LogP contribution in [0.15, 0.2) is 22.8 Å². The maximum absolute atomic E-state index is 12.5. The van der Waals surface area contributed by atoms with Crippen LogP contribution in [0.1, 0.15) is 61.3 Å². The van der Waals surface area contributed by atoms with Gasteiger partial charge in [0.1, 0.15) is 4.87 Å². The minimum Gasteiger partial charge on any atom is -0.285 e. The van der Waals surface area contributed by atoms with Crippen molar-refractivity contribution in [3.05, 3.63) is 27.6 Å². The number of allylic oxidation sites excluding steroid dienone is 1. The zero-order chi connectivity index (χ0) is 24.5. The molecule has 0 aliphatic rings. The zero-order valence-corrected chi connectivity index (χ0v) is 23.8. The molecule has 0 amide bonds. The smallest absolute Gasteiger partial charge is 0.285 e. The average molecular weight is 498 g/mol. The van der Waals surface area contributed by atoms with Gasteiger partial charge < -0.3 is 0 Å². The van der Waals surface area contributed by atoms with Crippen LogP contribution in [0.4, 0.5) is 0 Å². The Labute approximate surface area is 186 Å². The molecular formula is C20H41O6S2Si2. The Hall–Kier alpha value is -0.266. The van der Waals surface area contributed by atoms with Crippen LogP contribution in [-0.2, 0) is 20.2 Å². The van der Waals surface area contributed by atoms with Crippen molar-refractivity contribution >= 4 is 36.4 Å². The normalized spacial score (nSPS) is 15.4. The van der Waals surface area contributed by atoms with Crippen LogP contribution in [0.2, 0.25) is 35.8 Å². The Morgan fingerprint density at radius 2 is 1.37 bits per heavy atom. The van der Waals surface area contributed by atoms with E-state index in [2.05, 4.69) is 55.0 Å². The van der Waals surface area contributed by atoms with Crippen LogP contribution in [0.25, 0.3) is 0 Å². The lowest BCUT2D eigenvalue weighted by Gasteiger charge is -2.50. The van der Waals surface area contributed by atoms with Gasteiger partial charge in [0.05, 0.1) is 21.1 Å². The quantitative estimate of drug-likeness (QED) is 0.206. The molecule has 1 radical (unpaired) electrons. The molecule has 10 heteroatoms. The molecule has 0 saturated carbocycles. The van der Waals surface area contributed by atoms with Gasteiger partial charge in [-0.1, -0.05) is 93.2 Å². The third-order valence-electron chi connectivity index (χ3n) is 6.12. The topological polar surface area (TPSA) is 109 Å². The van der Waals surface area contributed by atoms with Crippen LogP contribution >= 0.6 is 0 Å². The van der Waals surface area contributed by atoms with Crippen molar-refractivity contribution in [2.24, 2.45) is 0 Å². The van der Waals surface area contributed by atoms with Gasteiger partial charge in [0.2, 0.25) is 0 Å². The molecule has 0 fully saturated rings. The predicted molar refractivity (Wildman–Crippen MR) is 132 cm³/mol. The highest BCUT2D eigenvalue weighted by Crippen LogP contribution is 2.55. The van der Waals surface area contributed by atoms with Gasteiger partial charge in [-0.25, -0.2) is 0 Å². The zero-order valence-electron chi connectivity index (χ0n) is 20.2. The summed E-state index contributed by atoms with van der Waals surface area (Å²) in [6.45, 7) is 23.3. The first-order valence-electron chi connectivity index (χ1n) is 10.3. The van der Waals surface area contributed by atoms with Gasteiger partial charge in [-0.15, -0.1) is 0 Å². The van der Waals surface area contributed by atoms with Crippen molar-refractivity contribution < 1.29 is 25.9 Å². The van der Waals surface area contributed by atoms with Gasteiger partial charge in [0.15, 0.2) is 0 Å². The fourth-order valence-corrected chi connectivity index (χ4v) is 18.4. The molecule has 0 atom stereocenters. The molecule has 0 aromatic carbocycles. The largest absolute Gasteiger partial charge is 0.294 e. The van der Waals surface area contributed by atoms with Gasteiger partial charge in [-0.3, -0.25) is 9.11 Å². The van der Waals surface area contributed by atoms with Crippen molar-refractivity contribution in [2.45, 2.75) is 97.1 Å². The van der Waals surface area contributed by atoms with Gasteiger partial charge >= 0.3 is 0 Å². The highest BCUT2D eigenvalue weighted by molar-refractivity contribution is 7.92. The summed E-state index contributed by atoms with van der Waals surface area (Å²) >= 11 is 0. The molecule has 0 rings (SSSR count). The molecule has 0 aromatic rings. The summed E-state index contributed by atoms with van der Waals surface area (Å²) in [6, 6.07) is 0. The third kappa shape index (κ3) is 6.38. The van der Waals surface area contributed by atoms with E-state index < -0.39 is 41.3 Å². The third-order valence-corrected chi connectivity index (χ3v) is 19.5. The van der Waals surface area contributed by atoms with Crippen LogP contribution in [0.5, 0.6) is 0 Å². The Bertz CT molecular complexity index is 855. The van der Waals surface area contributed by atoms with E-state index in [0.717, 1.165) is 12.8 Å². The molecule has 0 aliphatic heterocycles. The summed E-state index contributed by atoms with van der Waals surface area (Å²) in [5, 5.41) is -0.224. The van der Waals surface area contributed by atoms with E-state index in [-0.39, 0.29) is 26.6 Å². The van der Waals surface area contributed by atoms with Gasteiger partial charge in [0.25, 0.3) is 20.2 Å². The van der Waals surface area contributed by atoms with Crippen LogP contribution in [0.3, 0.4) is 0 Å². The van der Waals surface area contributed by atoms with E-state index in [1.807, 2.05) is 0 Å². The highest BCUT2D eigenvalue weighted by atomic mass is 32.2. The van der Waals surface area contributed by atoms with E-state index in [4.69, 9.17) is 0 Å². The van der Waals surface area contributed by atoms with Crippen LogP contribution < -0.4 is 0 Å². The van der Waals surface area contributed by atoms with E-state index in [1.165, 1.54) is 0 Å². The molecule has 0 aromatic heterocycles. The Balaban J connectivity index is 7.37. The van der Waals surface area contributed by atoms with Gasteiger partial charge in [-0.2, -0.15) is 16.8 Å². The predicted octanol–water partition coefficient (Wildman–Crippen LogP) is 6.00. The Kier molecular flexibility index (Phi) is 9.61. The highest BCUT2D eigenvalue weighted by Gasteiger charge is 2.52. The summed E-state index contributed by atoms with van der Waals surface area (Å²) < 4.78 is 69.4. The lowest BCUT2D eigenvalue weighted by atomic mass is 10.1. The number of hydrogen-bond acceptors (Lipinski definition) is 4. The minimum absolute atomic E-state index is 0.115. The molecule has 30 heavy (non-hydrogen) atoms. The summed E-state index contributed by atoms with van der Waals surface area (Å²) in [5.41, 5.74) is 1.56. The van der Waals surface area contributed by atoms with Crippen molar-refractivity contribution in [1.29, 1.82) is 0 Å². The molecule has 0 heterocycles. The first-order valence-corrected chi connectivity index (χ1v) is 18.9. The average Bonchev–Trinajstić information content (AvgIpc) is 2.41. The molecule has 0 bridgehead atoms. The SMILES string of the molecule is C=C([C]([Si](C)(C)C)S(=O)(=O)O)C(=C[Si](C(C)C)(C(C)C)C(C)(C)CCC)S(=O)(=O)O. The first-order chi connectivity index (χ1) is 13.1. The first kappa shape index (κ1) is 29.7. The second-order valence-corrected chi connectivity index (χ2v) is 24.3. The molecule has 2 N–H and O–H groups in total. The Morgan fingerprint density at radius 1 is 0.967 bits per heavy atom. The Morgan fingerprint density at radius 3 is 1.60 bits per heavy atom. The maximum Gasteiger partial charge on any atom is 0.294 e. The molecule has 0 saturated heterocycles. The maximum atomic E-state index is 12.5. The van der Waals surface area contributed by atoms with Crippen molar-refractivity contribution in [2.75, 3.05) is 0 Å². The van der Waals surface area contributed by atoms with E-state index in [1.54, 1.807) is 25.3 Å². The lowest BCUT2D eigenvalue weighted by Crippen LogP contribution is -2.50. The van der Waals surface area contributed by atoms with Crippen LogP contribution in [-0.4, -0.2) is 42.1 Å². The standard InChI is InChI=1S/C20H41O6S2Si2/c1-12-13-20(7,8)30(15(2)3,16(4)5)14-18(27(21,22)23)17(6)19(28(24,25)26)29(9,10)11/h14-16H,6,12-13H2,1-5,7-11H3,(H,21,22,23)(H,24,25,26). The summed E-state index contributed by atoms with van der Waals surface area (Å²) in [6.07, 6.45) is 1.77. The van der Waals surface area contributed by atoms with Crippen LogP contribution in [0, 0.1) is 4.87 Å². The summed E-state index contributed by atoms with van der Waals surface area (Å²) in [5.74, 6) is 0. The minimum atomic E-state index is -4.78. The number of rotatable bonds is 11. The monoisotopic (exact) mass is 497 g/mol. The van der Waals surface area contributed by atoms with E-state index in [0.29, 0.717) is 0 Å². The molecule has 0 aliphatic carbocycles. The van der Waals surface area contributed by atoms with E-state index in [9.17, 15) is 25.9 Å². The lowest BCUT2D eigenvalue weighted by molar-refractivity contribution is 0.488. The summed E-state index contributed by atoms with van der Waals surface area (Å²) in [4.78, 5) is -0.849. The molecular weight excluding hydrogens is 457 g/mol. The molecule has 6 nitrogen and oxygen atoms in total. The second-order valence-electron chi connectivity index (χ2n) is 10.4. The van der Waals surface area contributed by atoms with Crippen molar-refractivity contribution in [3.8, 4) is 0 Å². The van der Waals surface area contributed by atoms with Gasteiger partial charge in [-0.05, 0) is 21.7 Å². The second kappa shape index (κ2) is 9.70. The van der Waals surface area contributed by atoms with Gasteiger partial charge in [0, 0.05) is 0 Å². The molecule has 0 spiro atoms.